The van der Waals surface area contributed by atoms with Crippen molar-refractivity contribution in [3.8, 4) is 11.3 Å². The number of rotatable bonds is 4. The first-order valence-corrected chi connectivity index (χ1v) is 9.89. The van der Waals surface area contributed by atoms with Crippen LogP contribution in [-0.2, 0) is 9.59 Å². The molecule has 2 bridgehead atoms. The number of furan rings is 1. The number of carbonyl (C=O) groups excluding carboxylic acids is 2. The van der Waals surface area contributed by atoms with Crippen molar-refractivity contribution < 1.29 is 18.9 Å². The minimum absolute atomic E-state index is 0.0511. The third-order valence-corrected chi connectivity index (χ3v) is 6.28. The number of hydrazone groups is 1. The summed E-state index contributed by atoms with van der Waals surface area (Å²) in [6.45, 7) is 1.78. The summed E-state index contributed by atoms with van der Waals surface area (Å²) >= 11 is 0. The van der Waals surface area contributed by atoms with E-state index in [0.717, 1.165) is 23.4 Å². The van der Waals surface area contributed by atoms with Crippen molar-refractivity contribution in [2.75, 3.05) is 0 Å². The normalized spacial score (nSPS) is 27.3. The standard InChI is InChI=1S/C22H19N3O5/c1-12-2-8-16(17(10-12)25(28)29)18-9-7-15(30-18)11-23-24-21(26)19-13-3-4-14(6-5-13)20(19)22(24)27/h2-4,7-11,13-14,19-20H,5-6H2,1H3/b23-11-/t13-,14+,19-,20-/m0/s1. The van der Waals surface area contributed by atoms with E-state index in [1.807, 2.05) is 0 Å². The summed E-state index contributed by atoms with van der Waals surface area (Å²) in [5.41, 5.74) is 1.08. The number of aryl methyl sites for hydroxylation is 1. The number of carbonyl (C=O) groups is 2. The van der Waals surface area contributed by atoms with Crippen LogP contribution >= 0.6 is 0 Å². The van der Waals surface area contributed by atoms with Crippen LogP contribution in [0.1, 0.15) is 24.2 Å². The quantitative estimate of drug-likeness (QED) is 0.254. The lowest BCUT2D eigenvalue weighted by molar-refractivity contribution is -0.384. The minimum atomic E-state index is -0.454. The molecule has 4 aliphatic rings. The molecule has 4 atom stereocenters. The molecule has 2 heterocycles. The number of hydrogen-bond donors (Lipinski definition) is 0. The summed E-state index contributed by atoms with van der Waals surface area (Å²) < 4.78 is 5.69. The lowest BCUT2D eigenvalue weighted by atomic mass is 9.63. The smallest absolute Gasteiger partial charge is 0.280 e. The van der Waals surface area contributed by atoms with Crippen molar-refractivity contribution in [2.45, 2.75) is 19.8 Å². The number of nitro groups is 1. The molecule has 1 saturated carbocycles. The van der Waals surface area contributed by atoms with Gasteiger partial charge in [0.25, 0.3) is 17.5 Å². The molecule has 0 spiro atoms. The maximum absolute atomic E-state index is 12.8. The highest BCUT2D eigenvalue weighted by Crippen LogP contribution is 2.49. The van der Waals surface area contributed by atoms with E-state index in [9.17, 15) is 19.7 Å². The maximum atomic E-state index is 12.8. The van der Waals surface area contributed by atoms with Gasteiger partial charge in [0.15, 0.2) is 0 Å². The van der Waals surface area contributed by atoms with E-state index < -0.39 is 4.92 Å². The molecule has 1 aliphatic heterocycles. The SMILES string of the molecule is Cc1ccc(-c2ccc(/C=N\N3C(=O)[C@@H]4[C@@H](C3=O)[C@H]3C=C[C@@H]4CC3)o2)c([N+](=O)[O-])c1. The van der Waals surface area contributed by atoms with Crippen LogP contribution in [-0.4, -0.2) is 28.0 Å². The predicted octanol–water partition coefficient (Wildman–Crippen LogP) is 3.69. The molecule has 30 heavy (non-hydrogen) atoms. The number of nitro benzene ring substituents is 1. The molecular formula is C22H19N3O5. The zero-order valence-electron chi connectivity index (χ0n) is 16.2. The van der Waals surface area contributed by atoms with Gasteiger partial charge >= 0.3 is 0 Å². The molecule has 152 valence electrons. The van der Waals surface area contributed by atoms with Gasteiger partial charge in [-0.2, -0.15) is 10.1 Å². The van der Waals surface area contributed by atoms with E-state index in [-0.39, 0.29) is 41.2 Å². The van der Waals surface area contributed by atoms with E-state index in [0.29, 0.717) is 17.1 Å². The van der Waals surface area contributed by atoms with E-state index in [1.54, 1.807) is 31.2 Å². The fraction of sp³-hybridized carbons (Fsp3) is 0.318. The van der Waals surface area contributed by atoms with Crippen LogP contribution in [0.2, 0.25) is 0 Å². The highest BCUT2D eigenvalue weighted by atomic mass is 16.6. The maximum Gasteiger partial charge on any atom is 0.280 e. The first-order chi connectivity index (χ1) is 14.4. The number of fused-ring (bicyclic) bond motifs is 1. The van der Waals surface area contributed by atoms with Crippen molar-refractivity contribution in [3.05, 3.63) is 63.9 Å². The molecule has 1 saturated heterocycles. The Labute approximate surface area is 172 Å². The average molecular weight is 405 g/mol. The Bertz CT molecular complexity index is 1100. The first-order valence-electron chi connectivity index (χ1n) is 9.89. The summed E-state index contributed by atoms with van der Waals surface area (Å²) in [7, 11) is 0. The van der Waals surface area contributed by atoms with Gasteiger partial charge in [0.2, 0.25) is 0 Å². The van der Waals surface area contributed by atoms with Crippen LogP contribution in [0.3, 0.4) is 0 Å². The second kappa shape index (κ2) is 6.76. The van der Waals surface area contributed by atoms with Gasteiger partial charge in [-0.05, 0) is 55.4 Å². The van der Waals surface area contributed by atoms with Crippen LogP contribution < -0.4 is 0 Å². The van der Waals surface area contributed by atoms with Crippen LogP contribution in [0, 0.1) is 40.7 Å². The Morgan fingerprint density at radius 3 is 2.37 bits per heavy atom. The van der Waals surface area contributed by atoms with Gasteiger partial charge in [-0.3, -0.25) is 19.7 Å². The molecule has 0 N–H and O–H groups in total. The second-order valence-corrected chi connectivity index (χ2v) is 8.05. The third kappa shape index (κ3) is 2.79. The van der Waals surface area contributed by atoms with E-state index in [1.165, 1.54) is 12.3 Å². The third-order valence-electron chi connectivity index (χ3n) is 6.28. The van der Waals surface area contributed by atoms with E-state index in [2.05, 4.69) is 17.3 Å². The summed E-state index contributed by atoms with van der Waals surface area (Å²) in [4.78, 5) is 36.5. The highest BCUT2D eigenvalue weighted by Gasteiger charge is 2.56. The monoisotopic (exact) mass is 405 g/mol. The van der Waals surface area contributed by atoms with Gasteiger partial charge in [-0.15, -0.1) is 0 Å². The average Bonchev–Trinajstić information content (AvgIpc) is 3.31. The molecule has 1 aromatic carbocycles. The Balaban J connectivity index is 1.40. The van der Waals surface area contributed by atoms with Gasteiger partial charge < -0.3 is 4.42 Å². The second-order valence-electron chi connectivity index (χ2n) is 8.05. The zero-order chi connectivity index (χ0) is 21.0. The molecular weight excluding hydrogens is 386 g/mol. The molecule has 2 fully saturated rings. The van der Waals surface area contributed by atoms with Gasteiger partial charge in [0.1, 0.15) is 11.5 Å². The predicted molar refractivity (Wildman–Crippen MR) is 107 cm³/mol. The topological polar surface area (TPSA) is 106 Å². The number of hydrogen-bond acceptors (Lipinski definition) is 6. The number of imide groups is 1. The Morgan fingerprint density at radius 2 is 1.77 bits per heavy atom. The Morgan fingerprint density at radius 1 is 1.10 bits per heavy atom. The van der Waals surface area contributed by atoms with Gasteiger partial charge in [-0.1, -0.05) is 18.2 Å². The fourth-order valence-electron chi connectivity index (χ4n) is 4.85. The van der Waals surface area contributed by atoms with Crippen molar-refractivity contribution in [1.29, 1.82) is 0 Å². The summed E-state index contributed by atoms with van der Waals surface area (Å²) in [5, 5.41) is 16.4. The molecule has 8 nitrogen and oxygen atoms in total. The van der Waals surface area contributed by atoms with Crippen LogP contribution in [0.4, 0.5) is 5.69 Å². The largest absolute Gasteiger partial charge is 0.455 e. The molecule has 3 aliphatic carbocycles. The minimum Gasteiger partial charge on any atom is -0.455 e. The molecule has 2 aromatic rings. The molecule has 6 rings (SSSR count). The zero-order valence-corrected chi connectivity index (χ0v) is 16.2. The van der Waals surface area contributed by atoms with Gasteiger partial charge in [0.05, 0.1) is 28.5 Å². The Kier molecular flexibility index (Phi) is 4.16. The molecule has 1 aromatic heterocycles. The molecule has 0 radical (unpaired) electrons. The number of allylic oxidation sites excluding steroid dienone is 2. The molecule has 0 unspecified atom stereocenters. The summed E-state index contributed by atoms with van der Waals surface area (Å²) in [5.74, 6) is -0.332. The summed E-state index contributed by atoms with van der Waals surface area (Å²) in [6.07, 6.45) is 7.28. The highest BCUT2D eigenvalue weighted by molar-refractivity contribution is 6.06. The van der Waals surface area contributed by atoms with Gasteiger partial charge in [-0.25, -0.2) is 0 Å². The van der Waals surface area contributed by atoms with Crippen molar-refractivity contribution >= 4 is 23.7 Å². The van der Waals surface area contributed by atoms with Crippen molar-refractivity contribution in [2.24, 2.45) is 28.8 Å². The number of amides is 2. The van der Waals surface area contributed by atoms with Crippen LogP contribution in [0.25, 0.3) is 11.3 Å². The van der Waals surface area contributed by atoms with Crippen LogP contribution in [0.5, 0.6) is 0 Å². The van der Waals surface area contributed by atoms with Crippen molar-refractivity contribution in [1.82, 2.24) is 5.01 Å². The van der Waals surface area contributed by atoms with Crippen molar-refractivity contribution in [3.63, 3.8) is 0 Å². The van der Waals surface area contributed by atoms with Crippen LogP contribution in [0.15, 0.2) is 52.0 Å². The lowest BCUT2D eigenvalue weighted by Crippen LogP contribution is -2.38. The lowest BCUT2D eigenvalue weighted by Gasteiger charge is -2.37. The number of benzene rings is 1. The van der Waals surface area contributed by atoms with E-state index >= 15 is 0 Å². The summed E-state index contributed by atoms with van der Waals surface area (Å²) in [6, 6.07) is 8.10. The number of nitrogens with zero attached hydrogens (tertiary/aromatic N) is 3. The molecule has 2 amide bonds. The fourth-order valence-corrected chi connectivity index (χ4v) is 4.85. The first kappa shape index (κ1) is 18.5. The van der Waals surface area contributed by atoms with E-state index in [4.69, 9.17) is 4.42 Å². The van der Waals surface area contributed by atoms with Gasteiger partial charge in [0, 0.05) is 6.07 Å². The molecule has 8 heteroatoms. The Hall–Kier alpha value is -3.55.